The molecule has 1 aromatic carbocycles. The van der Waals surface area contributed by atoms with Gasteiger partial charge >= 0.3 is 12.1 Å². The van der Waals surface area contributed by atoms with Crippen LogP contribution in [0.15, 0.2) is 24.3 Å². The summed E-state index contributed by atoms with van der Waals surface area (Å²) in [6, 6.07) is 6.83. The van der Waals surface area contributed by atoms with Gasteiger partial charge in [0.1, 0.15) is 12.1 Å². The molecule has 1 atom stereocenters. The van der Waals surface area contributed by atoms with E-state index in [1.165, 1.54) is 13.0 Å². The van der Waals surface area contributed by atoms with Crippen LogP contribution < -0.4 is 16.0 Å². The molecule has 0 aliphatic carbocycles. The fraction of sp³-hybridized carbons (Fsp3) is 0.389. The molecule has 1 aliphatic heterocycles. The van der Waals surface area contributed by atoms with Crippen LogP contribution in [0.25, 0.3) is 0 Å². The Morgan fingerprint density at radius 2 is 2.04 bits per heavy atom. The predicted octanol–water partition coefficient (Wildman–Crippen LogP) is 0.807. The molecule has 0 saturated carbocycles. The summed E-state index contributed by atoms with van der Waals surface area (Å²) in [5.74, 6) is -1.21. The smallest absolute Gasteiger partial charge is 0.325 e. The van der Waals surface area contributed by atoms with Crippen LogP contribution in [0.1, 0.15) is 31.9 Å². The molecule has 6 amide bonds. The van der Waals surface area contributed by atoms with Crippen molar-refractivity contribution in [2.45, 2.75) is 26.3 Å². The van der Waals surface area contributed by atoms with Crippen LogP contribution in [-0.4, -0.2) is 41.9 Å². The Morgan fingerprint density at radius 1 is 1.33 bits per heavy atom. The highest BCUT2D eigenvalue weighted by atomic mass is 16.2. The van der Waals surface area contributed by atoms with Crippen LogP contribution in [0.5, 0.6) is 0 Å². The summed E-state index contributed by atoms with van der Waals surface area (Å²) in [5.41, 5.74) is -0.629. The van der Waals surface area contributed by atoms with Crippen LogP contribution >= 0.6 is 0 Å². The zero-order valence-corrected chi connectivity index (χ0v) is 15.3. The first-order valence-corrected chi connectivity index (χ1v) is 8.39. The van der Waals surface area contributed by atoms with E-state index < -0.39 is 36.0 Å². The molecule has 0 radical (unpaired) electrons. The van der Waals surface area contributed by atoms with Gasteiger partial charge in [-0.25, -0.2) is 9.59 Å². The number of imide groups is 2. The molecule has 0 aromatic heterocycles. The van der Waals surface area contributed by atoms with Crippen LogP contribution in [0.2, 0.25) is 0 Å². The summed E-state index contributed by atoms with van der Waals surface area (Å²) in [7, 11) is 0. The summed E-state index contributed by atoms with van der Waals surface area (Å²) in [6.07, 6.45) is 0. The fourth-order valence-corrected chi connectivity index (χ4v) is 2.59. The van der Waals surface area contributed by atoms with Crippen LogP contribution in [0.4, 0.5) is 9.59 Å². The molecule has 27 heavy (non-hydrogen) atoms. The molecule has 1 saturated heterocycles. The van der Waals surface area contributed by atoms with E-state index >= 15 is 0 Å². The number of carbonyl (C=O) groups is 4. The molecule has 1 aromatic rings. The van der Waals surface area contributed by atoms with E-state index in [0.717, 1.165) is 4.90 Å². The second-order valence-electron chi connectivity index (χ2n) is 6.79. The van der Waals surface area contributed by atoms with Crippen LogP contribution in [-0.2, 0) is 15.1 Å². The van der Waals surface area contributed by atoms with E-state index in [9.17, 15) is 19.2 Å². The lowest BCUT2D eigenvalue weighted by Gasteiger charge is -2.22. The molecular formula is C18H21N5O4. The van der Waals surface area contributed by atoms with Gasteiger partial charge in [-0.2, -0.15) is 5.26 Å². The van der Waals surface area contributed by atoms with Gasteiger partial charge in [0.25, 0.3) is 5.91 Å². The Morgan fingerprint density at radius 3 is 2.67 bits per heavy atom. The summed E-state index contributed by atoms with van der Waals surface area (Å²) < 4.78 is 0. The number of hydrogen-bond acceptors (Lipinski definition) is 5. The van der Waals surface area contributed by atoms with Crippen molar-refractivity contribution in [3.8, 4) is 6.07 Å². The predicted molar refractivity (Wildman–Crippen MR) is 95.1 cm³/mol. The molecular weight excluding hydrogens is 350 g/mol. The van der Waals surface area contributed by atoms with E-state index in [-0.39, 0.29) is 5.92 Å². The number of nitrogens with one attached hydrogen (secondary N) is 3. The SMILES string of the molecule is CC(C)CNC(=O)NC(=O)CN1C(=O)N[C@](C)(c2cccc(C#N)c2)C1=O. The van der Waals surface area contributed by atoms with Gasteiger partial charge in [-0.1, -0.05) is 26.0 Å². The molecule has 0 spiro atoms. The van der Waals surface area contributed by atoms with Gasteiger partial charge in [0.05, 0.1) is 11.6 Å². The lowest BCUT2D eigenvalue weighted by Crippen LogP contribution is -2.47. The standard InChI is InChI=1S/C18H21N5O4/c1-11(2)9-20-16(26)21-14(24)10-23-15(25)18(3,22-17(23)27)13-6-4-5-12(7-13)8-19/h4-7,11H,9-10H2,1-3H3,(H,22,27)(H2,20,21,24,26)/t18-/m1/s1. The maximum atomic E-state index is 12.8. The largest absolute Gasteiger partial charge is 0.338 e. The van der Waals surface area contributed by atoms with Gasteiger partial charge in [0.2, 0.25) is 5.91 Å². The lowest BCUT2D eigenvalue weighted by molar-refractivity contribution is -0.134. The van der Waals surface area contributed by atoms with E-state index in [0.29, 0.717) is 17.7 Å². The second-order valence-corrected chi connectivity index (χ2v) is 6.79. The maximum Gasteiger partial charge on any atom is 0.325 e. The second kappa shape index (κ2) is 7.86. The third kappa shape index (κ3) is 4.41. The van der Waals surface area contributed by atoms with Crippen molar-refractivity contribution in [3.63, 3.8) is 0 Å². The van der Waals surface area contributed by atoms with Crippen molar-refractivity contribution in [2.24, 2.45) is 5.92 Å². The van der Waals surface area contributed by atoms with Gasteiger partial charge in [0.15, 0.2) is 0 Å². The maximum absolute atomic E-state index is 12.8. The van der Waals surface area contributed by atoms with Crippen molar-refractivity contribution < 1.29 is 19.2 Å². The number of carbonyl (C=O) groups excluding carboxylic acids is 4. The van der Waals surface area contributed by atoms with Crippen molar-refractivity contribution in [1.29, 1.82) is 5.26 Å². The zero-order valence-electron chi connectivity index (χ0n) is 15.3. The number of amides is 6. The van der Waals surface area contributed by atoms with E-state index in [2.05, 4.69) is 16.0 Å². The Kier molecular flexibility index (Phi) is 5.80. The number of rotatable bonds is 5. The Labute approximate surface area is 156 Å². The molecule has 0 unspecified atom stereocenters. The Hall–Kier alpha value is -3.41. The van der Waals surface area contributed by atoms with Crippen molar-refractivity contribution in [1.82, 2.24) is 20.9 Å². The highest BCUT2D eigenvalue weighted by molar-refractivity contribution is 6.10. The minimum Gasteiger partial charge on any atom is -0.338 e. The minimum atomic E-state index is -1.40. The molecule has 3 N–H and O–H groups in total. The monoisotopic (exact) mass is 371 g/mol. The quantitative estimate of drug-likeness (QED) is 0.659. The molecule has 1 aliphatic rings. The first-order chi connectivity index (χ1) is 12.7. The molecule has 0 bridgehead atoms. The summed E-state index contributed by atoms with van der Waals surface area (Å²) in [5, 5.41) is 16.2. The van der Waals surface area contributed by atoms with E-state index in [1.807, 2.05) is 19.9 Å². The zero-order chi connectivity index (χ0) is 20.2. The lowest BCUT2D eigenvalue weighted by atomic mass is 9.91. The summed E-state index contributed by atoms with van der Waals surface area (Å²) in [6.45, 7) is 5.09. The van der Waals surface area contributed by atoms with E-state index in [4.69, 9.17) is 5.26 Å². The first-order valence-electron chi connectivity index (χ1n) is 8.39. The topological polar surface area (TPSA) is 131 Å². The minimum absolute atomic E-state index is 0.210. The number of benzene rings is 1. The molecule has 2 rings (SSSR count). The Bertz CT molecular complexity index is 829. The first kappa shape index (κ1) is 19.9. The number of nitrogens with zero attached hydrogens (tertiary/aromatic N) is 2. The average Bonchev–Trinajstić information content (AvgIpc) is 2.84. The summed E-state index contributed by atoms with van der Waals surface area (Å²) in [4.78, 5) is 49.3. The normalized spacial score (nSPS) is 18.9. The summed E-state index contributed by atoms with van der Waals surface area (Å²) >= 11 is 0. The molecule has 142 valence electrons. The number of urea groups is 2. The van der Waals surface area contributed by atoms with Crippen LogP contribution in [0.3, 0.4) is 0 Å². The van der Waals surface area contributed by atoms with Gasteiger partial charge in [-0.05, 0) is 30.5 Å². The third-order valence-corrected chi connectivity index (χ3v) is 4.07. The molecule has 1 fully saturated rings. The Balaban J connectivity index is 2.08. The molecule has 9 nitrogen and oxygen atoms in total. The number of nitriles is 1. The average molecular weight is 371 g/mol. The fourth-order valence-electron chi connectivity index (χ4n) is 2.59. The van der Waals surface area contributed by atoms with E-state index in [1.54, 1.807) is 18.2 Å². The number of hydrogen-bond donors (Lipinski definition) is 3. The molecule has 1 heterocycles. The van der Waals surface area contributed by atoms with Crippen molar-refractivity contribution >= 4 is 23.9 Å². The van der Waals surface area contributed by atoms with Gasteiger partial charge in [0, 0.05) is 6.54 Å². The highest BCUT2D eigenvalue weighted by Crippen LogP contribution is 2.29. The van der Waals surface area contributed by atoms with Crippen LogP contribution in [0, 0.1) is 17.2 Å². The third-order valence-electron chi connectivity index (χ3n) is 4.07. The van der Waals surface area contributed by atoms with Gasteiger partial charge in [-0.15, -0.1) is 0 Å². The van der Waals surface area contributed by atoms with Gasteiger partial charge < -0.3 is 10.6 Å². The van der Waals surface area contributed by atoms with Crippen molar-refractivity contribution in [3.05, 3.63) is 35.4 Å². The highest BCUT2D eigenvalue weighted by Gasteiger charge is 2.49. The molecule has 9 heteroatoms. The van der Waals surface area contributed by atoms with Gasteiger partial charge in [-0.3, -0.25) is 19.8 Å². The van der Waals surface area contributed by atoms with Crippen molar-refractivity contribution in [2.75, 3.05) is 13.1 Å².